The molecule has 0 saturated heterocycles. The van der Waals surface area contributed by atoms with E-state index < -0.39 is 10.2 Å². The lowest BCUT2D eigenvalue weighted by Crippen LogP contribution is -2.68. The predicted molar refractivity (Wildman–Crippen MR) is 142 cm³/mol. The molecule has 2 aromatic carbocycles. The molecule has 0 spiro atoms. The Morgan fingerprint density at radius 2 is 1.41 bits per heavy atom. The molecule has 0 atom stereocenters. The number of allylic oxidation sites excluding steroid dienone is 5. The summed E-state index contributed by atoms with van der Waals surface area (Å²) in [6.07, 6.45) is 12.6. The van der Waals surface area contributed by atoms with Crippen LogP contribution in [0.4, 0.5) is 11.4 Å². The number of anilines is 1. The van der Waals surface area contributed by atoms with E-state index in [1.807, 2.05) is 60.9 Å². The fourth-order valence-electron chi connectivity index (χ4n) is 4.87. The molecule has 0 amide bonds. The van der Waals surface area contributed by atoms with E-state index in [2.05, 4.69) is 16.4 Å². The van der Waals surface area contributed by atoms with Crippen LogP contribution in [0.25, 0.3) is 0 Å². The van der Waals surface area contributed by atoms with Gasteiger partial charge < -0.3 is 10.1 Å². The zero-order valence-corrected chi connectivity index (χ0v) is 23.6. The summed E-state index contributed by atoms with van der Waals surface area (Å²) in [5, 5.41) is 3.39. The van der Waals surface area contributed by atoms with Crippen molar-refractivity contribution >= 4 is 29.2 Å². The van der Waals surface area contributed by atoms with Crippen molar-refractivity contribution in [2.45, 2.75) is 52.4 Å². The summed E-state index contributed by atoms with van der Waals surface area (Å²) in [6.45, 7) is 3.15. The van der Waals surface area contributed by atoms with Crippen LogP contribution in [0.1, 0.15) is 73.1 Å². The number of hydrogen-bond acceptors (Lipinski definition) is 8. The first-order valence-corrected chi connectivity index (χ1v) is 14.5. The second-order valence-electron chi connectivity index (χ2n) is 9.94. The Balaban J connectivity index is 0.000000714. The van der Waals surface area contributed by atoms with Gasteiger partial charge in [0, 0.05) is 40.7 Å². The van der Waals surface area contributed by atoms with Crippen LogP contribution in [0.3, 0.4) is 0 Å². The van der Waals surface area contributed by atoms with Crippen LogP contribution < -0.4 is 28.9 Å². The highest BCUT2D eigenvalue weighted by Crippen LogP contribution is 2.42. The molecule has 214 valence electrons. The summed E-state index contributed by atoms with van der Waals surface area (Å²) in [5.41, 5.74) is 8.17. The largest absolute Gasteiger partial charge is 0.456 e. The molecule has 2 N–H and O–H groups in total. The van der Waals surface area contributed by atoms with Crippen LogP contribution in [-0.4, -0.2) is 17.8 Å². The average molecular weight is 579 g/mol. The molecule has 9 nitrogen and oxygen atoms in total. The molecule has 1 aliphatic heterocycles. The Kier molecular flexibility index (Phi) is 9.69. The third kappa shape index (κ3) is 8.56. The smallest absolute Gasteiger partial charge is 0.203 e. The zero-order valence-electron chi connectivity index (χ0n) is 22.8. The van der Waals surface area contributed by atoms with E-state index in [9.17, 15) is 9.59 Å². The number of carbonyl (C=O) groups excluding carboxylic acids is 2. The third-order valence-electron chi connectivity index (χ3n) is 6.91. The van der Waals surface area contributed by atoms with Gasteiger partial charge in [-0.3, -0.25) is 9.59 Å². The van der Waals surface area contributed by atoms with Gasteiger partial charge in [0.05, 0.1) is 5.57 Å². The fraction of sp³-hybridized carbons (Fsp3) is 0.258. The first kappa shape index (κ1) is 30.1. The van der Waals surface area contributed by atoms with Crippen molar-refractivity contribution in [1.29, 1.82) is 0 Å². The van der Waals surface area contributed by atoms with E-state index in [0.29, 0.717) is 11.1 Å². The molecular formula is C31H31ClN2O7. The Hall–Kier alpha value is -3.86. The second-order valence-corrected chi connectivity index (χ2v) is 10.7. The SMILES string of the molecule is CC(=O)c1ccc(N/C=C2\CCCC3=C2OC2=C(C=[NH+]c4ccc(C(C)=O)cc4)CCCC2=C3)cc1.[O-][Cl+3]([O-])([O-])[O-]. The van der Waals surface area contributed by atoms with Crippen molar-refractivity contribution in [2.24, 2.45) is 0 Å². The molecule has 41 heavy (non-hydrogen) atoms. The van der Waals surface area contributed by atoms with Crippen LogP contribution >= 0.6 is 0 Å². The van der Waals surface area contributed by atoms with Crippen LogP contribution in [0, 0.1) is 10.2 Å². The molecule has 0 bridgehead atoms. The monoisotopic (exact) mass is 578 g/mol. The predicted octanol–water partition coefficient (Wildman–Crippen LogP) is 0.947. The quantitative estimate of drug-likeness (QED) is 0.378. The number of halogens is 1. The standard InChI is InChI=1S/C31H30N2O3.ClHO4/c1-20(34)22-9-13-28(14-10-22)32-18-26-7-3-5-24-17-25-6-4-8-27(31(25)36-30(24)26)19-33-29-15-11-23(12-16-29)21(2)35;2-1(3,4)5/h9-19,32H,3-8H2,1-2H3;(H,2,3,4,5)/b26-18+,33-19?;. The minimum atomic E-state index is -4.94. The van der Waals surface area contributed by atoms with Gasteiger partial charge in [0.15, 0.2) is 17.8 Å². The average Bonchev–Trinajstić information content (AvgIpc) is 2.93. The maximum absolute atomic E-state index is 11.5. The van der Waals surface area contributed by atoms with E-state index in [-0.39, 0.29) is 11.6 Å². The topological polar surface area (TPSA) is 162 Å². The summed E-state index contributed by atoms with van der Waals surface area (Å²) in [7, 11) is -4.94. The summed E-state index contributed by atoms with van der Waals surface area (Å²) in [5.74, 6) is 2.06. The number of hydrogen-bond donors (Lipinski definition) is 2. The highest BCUT2D eigenvalue weighted by atomic mass is 35.7. The van der Waals surface area contributed by atoms with Crippen LogP contribution in [0.5, 0.6) is 0 Å². The molecule has 0 saturated carbocycles. The second kappa shape index (κ2) is 13.2. The molecule has 3 aliphatic rings. The number of ether oxygens (including phenoxy) is 1. The van der Waals surface area contributed by atoms with E-state index in [0.717, 1.165) is 72.6 Å². The minimum absolute atomic E-state index is 0.0658. The molecule has 0 aromatic heterocycles. The van der Waals surface area contributed by atoms with Gasteiger partial charge in [-0.25, -0.2) is 23.6 Å². The zero-order chi connectivity index (χ0) is 29.6. The van der Waals surface area contributed by atoms with Gasteiger partial charge in [-0.15, -0.1) is 10.2 Å². The first-order chi connectivity index (χ1) is 19.5. The maximum atomic E-state index is 11.5. The van der Waals surface area contributed by atoms with Crippen molar-refractivity contribution in [3.63, 3.8) is 0 Å². The maximum Gasteiger partial charge on any atom is 0.203 e. The number of carbonyl (C=O) groups is 2. The normalized spacial score (nSPS) is 17.7. The number of fused-ring (bicyclic) bond motifs is 1. The highest BCUT2D eigenvalue weighted by molar-refractivity contribution is 5.94. The molecule has 0 fully saturated rings. The van der Waals surface area contributed by atoms with Crippen molar-refractivity contribution in [3.8, 4) is 0 Å². The van der Waals surface area contributed by atoms with Gasteiger partial charge in [-0.1, -0.05) is 0 Å². The van der Waals surface area contributed by atoms with Gasteiger partial charge in [-0.2, -0.15) is 0 Å². The lowest BCUT2D eigenvalue weighted by Gasteiger charge is -2.31. The van der Waals surface area contributed by atoms with E-state index in [4.69, 9.17) is 23.4 Å². The van der Waals surface area contributed by atoms with Crippen molar-refractivity contribution in [3.05, 3.63) is 106 Å². The summed E-state index contributed by atoms with van der Waals surface area (Å²) in [4.78, 5) is 26.5. The van der Waals surface area contributed by atoms with Crippen molar-refractivity contribution in [2.75, 3.05) is 5.32 Å². The molecule has 5 rings (SSSR count). The number of Topliss-reactive ketones (excluding diaryl/α,β-unsaturated/α-hetero) is 2. The Morgan fingerprint density at radius 3 is 2.02 bits per heavy atom. The Bertz CT molecular complexity index is 1460. The van der Waals surface area contributed by atoms with Crippen molar-refractivity contribution in [1.82, 2.24) is 0 Å². The van der Waals surface area contributed by atoms with Crippen molar-refractivity contribution < 1.29 is 48.2 Å². The Morgan fingerprint density at radius 1 is 0.829 bits per heavy atom. The number of nitrogens with one attached hydrogen (secondary N) is 2. The summed E-state index contributed by atoms with van der Waals surface area (Å²) in [6, 6.07) is 15.1. The van der Waals surface area contributed by atoms with Gasteiger partial charge in [0.2, 0.25) is 5.69 Å². The van der Waals surface area contributed by atoms with Gasteiger partial charge in [0.1, 0.15) is 11.5 Å². The lowest BCUT2D eigenvalue weighted by atomic mass is 9.86. The van der Waals surface area contributed by atoms with E-state index >= 15 is 0 Å². The van der Waals surface area contributed by atoms with Gasteiger partial charge in [0.25, 0.3) is 0 Å². The molecule has 2 aromatic rings. The molecule has 2 aliphatic carbocycles. The lowest BCUT2D eigenvalue weighted by molar-refractivity contribution is -2.00. The van der Waals surface area contributed by atoms with E-state index in [1.165, 1.54) is 11.1 Å². The highest BCUT2D eigenvalue weighted by Gasteiger charge is 2.29. The molecule has 1 heterocycles. The summed E-state index contributed by atoms with van der Waals surface area (Å²) >= 11 is 0. The Labute approximate surface area is 240 Å². The first-order valence-electron chi connectivity index (χ1n) is 13.2. The van der Waals surface area contributed by atoms with Crippen LogP contribution in [-0.2, 0) is 4.74 Å². The third-order valence-corrected chi connectivity index (χ3v) is 6.91. The van der Waals surface area contributed by atoms with Gasteiger partial charge >= 0.3 is 0 Å². The summed E-state index contributed by atoms with van der Waals surface area (Å²) < 4.78 is 40.6. The fourth-order valence-corrected chi connectivity index (χ4v) is 4.87. The van der Waals surface area contributed by atoms with Gasteiger partial charge in [-0.05, 0) is 106 Å². The molecule has 0 radical (unpaired) electrons. The van der Waals surface area contributed by atoms with Crippen LogP contribution in [0.2, 0.25) is 0 Å². The molecular weight excluding hydrogens is 548 g/mol. The molecule has 10 heteroatoms. The van der Waals surface area contributed by atoms with E-state index in [1.54, 1.807) is 13.8 Å². The number of benzene rings is 2. The number of rotatable bonds is 6. The van der Waals surface area contributed by atoms with Crippen LogP contribution in [0.15, 0.2) is 94.6 Å². The minimum Gasteiger partial charge on any atom is -0.456 e. The molecule has 0 unspecified atom stereocenters. The number of ketones is 2.